The molecule has 0 spiro atoms. The summed E-state index contributed by atoms with van der Waals surface area (Å²) in [5, 5.41) is 27.6. The van der Waals surface area contributed by atoms with Crippen molar-refractivity contribution >= 4 is 40.6 Å². The maximum absolute atomic E-state index is 11.5. The highest BCUT2D eigenvalue weighted by Crippen LogP contribution is 2.26. The average Bonchev–Trinajstić information content (AvgIpc) is 2.55. The molecule has 0 amide bonds. The Kier molecular flexibility index (Phi) is 14.0. The van der Waals surface area contributed by atoms with Crippen molar-refractivity contribution in [2.75, 3.05) is 12.3 Å². The molecule has 2 aromatic heterocycles. The van der Waals surface area contributed by atoms with Gasteiger partial charge >= 0.3 is 23.5 Å². The van der Waals surface area contributed by atoms with Crippen molar-refractivity contribution in [1.29, 1.82) is 0 Å². The normalized spacial score (nSPS) is 13.3. The molecule has 0 aliphatic carbocycles. The number of aliphatic hydroxyl groups is 3. The Morgan fingerprint density at radius 2 is 1.27 bits per heavy atom. The number of nitrogen functional groups attached to an aromatic ring is 1. The fraction of sp³-hybridized carbons (Fsp3) is 0.333. The molecular formula is C9H20N5O16P3. The Labute approximate surface area is 181 Å². The second-order valence-electron chi connectivity index (χ2n) is 5.15. The summed E-state index contributed by atoms with van der Waals surface area (Å²) >= 11 is 0. The molecule has 15 N–H and O–H groups in total. The van der Waals surface area contributed by atoms with Crippen LogP contribution in [0, 0.1) is 0 Å². The number of fused-ring (bicyclic) bond motifs is 1. The summed E-state index contributed by atoms with van der Waals surface area (Å²) in [6.45, 7) is -0.642. The minimum Gasteiger partial charge on any atom is -0.394 e. The first-order chi connectivity index (χ1) is 14.5. The largest absolute Gasteiger partial charge is 0.466 e. The summed E-state index contributed by atoms with van der Waals surface area (Å²) in [5.41, 5.74) is 4.62. The molecule has 0 aliphatic heterocycles. The van der Waals surface area contributed by atoms with E-state index in [4.69, 9.17) is 68.6 Å². The monoisotopic (exact) mass is 547 g/mol. The zero-order valence-electron chi connectivity index (χ0n) is 15.7. The lowest BCUT2D eigenvalue weighted by Gasteiger charge is -2.14. The summed E-state index contributed by atoms with van der Waals surface area (Å²) in [4.78, 5) is 89.9. The van der Waals surface area contributed by atoms with Gasteiger partial charge in [0.2, 0.25) is 5.95 Å². The molecule has 2 atom stereocenters. The van der Waals surface area contributed by atoms with Crippen LogP contribution in [0.4, 0.5) is 5.95 Å². The van der Waals surface area contributed by atoms with Gasteiger partial charge < -0.3 is 65.1 Å². The third-order valence-corrected chi connectivity index (χ3v) is 2.31. The van der Waals surface area contributed by atoms with Gasteiger partial charge in [-0.15, -0.1) is 0 Å². The summed E-state index contributed by atoms with van der Waals surface area (Å²) in [5.74, 6) is -0.0921. The van der Waals surface area contributed by atoms with Gasteiger partial charge in [-0.05, 0) is 0 Å². The number of anilines is 1. The van der Waals surface area contributed by atoms with E-state index in [0.29, 0.717) is 0 Å². The van der Waals surface area contributed by atoms with Gasteiger partial charge in [-0.1, -0.05) is 0 Å². The molecule has 2 heterocycles. The van der Waals surface area contributed by atoms with Gasteiger partial charge in [-0.2, -0.15) is 4.98 Å². The number of nitrogens with two attached hydrogens (primary N) is 1. The number of aliphatic hydroxyl groups excluding tert-OH is 3. The molecule has 192 valence electrons. The number of H-pyrrole nitrogens is 1. The first-order valence-electron chi connectivity index (χ1n) is 7.37. The molecule has 0 saturated carbocycles. The van der Waals surface area contributed by atoms with E-state index < -0.39 is 47.8 Å². The minimum atomic E-state index is -4.64. The summed E-state index contributed by atoms with van der Waals surface area (Å²) < 4.78 is 26.6. The number of hydrogen-bond acceptors (Lipinski definition) is 11. The van der Waals surface area contributed by atoms with E-state index >= 15 is 0 Å². The van der Waals surface area contributed by atoms with E-state index in [2.05, 4.69) is 19.9 Å². The van der Waals surface area contributed by atoms with Gasteiger partial charge in [-0.3, -0.25) is 9.78 Å². The highest BCUT2D eigenvalue weighted by molar-refractivity contribution is 7.45. The van der Waals surface area contributed by atoms with Crippen LogP contribution in [0.25, 0.3) is 11.2 Å². The molecule has 0 aromatic carbocycles. The van der Waals surface area contributed by atoms with E-state index in [1.165, 1.54) is 0 Å². The first-order valence-corrected chi connectivity index (χ1v) is 12.1. The molecule has 2 rings (SSSR count). The zero-order valence-corrected chi connectivity index (χ0v) is 18.4. The molecule has 0 unspecified atom stereocenters. The predicted molar refractivity (Wildman–Crippen MR) is 103 cm³/mol. The van der Waals surface area contributed by atoms with Gasteiger partial charge in [0.05, 0.1) is 18.5 Å². The fourth-order valence-corrected chi connectivity index (χ4v) is 1.39. The van der Waals surface area contributed by atoms with Crippen LogP contribution < -0.4 is 11.3 Å². The highest BCUT2D eigenvalue weighted by Gasteiger charge is 2.20. The van der Waals surface area contributed by atoms with Crippen molar-refractivity contribution in [2.45, 2.75) is 12.2 Å². The number of nitrogens with zero attached hydrogens (tertiary/aromatic N) is 3. The first kappa shape index (κ1) is 33.4. The molecule has 21 nitrogen and oxygen atoms in total. The molecule has 0 aliphatic rings. The second-order valence-corrected chi connectivity index (χ2v) is 8.23. The second kappa shape index (κ2) is 13.8. The van der Waals surface area contributed by atoms with Crippen molar-refractivity contribution < 1.29 is 73.1 Å². The van der Waals surface area contributed by atoms with E-state index in [1.54, 1.807) is 0 Å². The lowest BCUT2D eigenvalue weighted by atomic mass is 10.1. The van der Waals surface area contributed by atoms with Crippen LogP contribution >= 0.6 is 23.5 Å². The van der Waals surface area contributed by atoms with Crippen molar-refractivity contribution in [3.05, 3.63) is 22.2 Å². The Bertz CT molecular complexity index is 1000. The number of nitrogens with one attached hydrogen (secondary N) is 1. The lowest BCUT2D eigenvalue weighted by Crippen LogP contribution is -2.24. The number of rotatable bonds is 3. The average molecular weight is 547 g/mol. The van der Waals surface area contributed by atoms with Crippen LogP contribution in [0.1, 0.15) is 11.8 Å². The highest BCUT2D eigenvalue weighted by atomic mass is 31.2. The van der Waals surface area contributed by atoms with Gasteiger partial charge in [0.25, 0.3) is 5.56 Å². The van der Waals surface area contributed by atoms with E-state index in [9.17, 15) is 15.0 Å². The Hall–Kier alpha value is -1.77. The minimum absolute atomic E-state index is 0.0330. The van der Waals surface area contributed by atoms with Gasteiger partial charge in [0, 0.05) is 0 Å². The van der Waals surface area contributed by atoms with Crippen LogP contribution in [-0.4, -0.2) is 92.0 Å². The topological polar surface area (TPSA) is 392 Å². The molecular weight excluding hydrogens is 527 g/mol. The standard InChI is InChI=1S/C9H11N5O4.3H3O4P/c10-9-13-7-5(8(18)14-9)12-3(1-11-7)6(17)4(16)2-15;3*1-5(2,3)4/h1,4,6,15-17H,2H2,(H3,10,11,13,14,18);3*(H3,1,2,3,4)/t4-,6+;;;/m1.../s1. The molecule has 24 heteroatoms. The summed E-state index contributed by atoms with van der Waals surface area (Å²) in [6.07, 6.45) is -1.70. The Balaban J connectivity index is 0. The van der Waals surface area contributed by atoms with Crippen molar-refractivity contribution in [2.24, 2.45) is 0 Å². The third kappa shape index (κ3) is 21.8. The number of hydrogen-bond donors (Lipinski definition) is 14. The summed E-state index contributed by atoms with van der Waals surface area (Å²) in [6, 6.07) is 0. The van der Waals surface area contributed by atoms with Crippen LogP contribution in [0.5, 0.6) is 0 Å². The number of phosphoric acid groups is 3. The molecule has 0 fully saturated rings. The number of aromatic amines is 1. The SMILES string of the molecule is Nc1nc2ncc([C@H](O)[C@H](O)CO)nc2c(=O)[nH]1.O=P(O)(O)O.O=P(O)(O)O.O=P(O)(O)O. The quantitative estimate of drug-likeness (QED) is 0.160. The Morgan fingerprint density at radius 3 is 1.64 bits per heavy atom. The van der Waals surface area contributed by atoms with Crippen molar-refractivity contribution in [1.82, 2.24) is 19.9 Å². The molecule has 0 saturated heterocycles. The van der Waals surface area contributed by atoms with E-state index in [0.717, 1.165) is 6.20 Å². The van der Waals surface area contributed by atoms with E-state index in [1.807, 2.05) is 0 Å². The van der Waals surface area contributed by atoms with Crippen LogP contribution in [0.3, 0.4) is 0 Å². The van der Waals surface area contributed by atoms with Gasteiger partial charge in [0.1, 0.15) is 12.2 Å². The molecule has 0 bridgehead atoms. The predicted octanol–water partition coefficient (Wildman–Crippen LogP) is -5.10. The molecule has 33 heavy (non-hydrogen) atoms. The lowest BCUT2D eigenvalue weighted by molar-refractivity contribution is -0.0173. The summed E-state index contributed by atoms with van der Waals surface area (Å²) in [7, 11) is -13.9. The molecule has 2 aromatic rings. The zero-order chi connectivity index (χ0) is 26.8. The fourth-order valence-electron chi connectivity index (χ4n) is 1.39. The number of aromatic nitrogens is 4. The van der Waals surface area contributed by atoms with Crippen molar-refractivity contribution in [3.8, 4) is 0 Å². The van der Waals surface area contributed by atoms with Crippen molar-refractivity contribution in [3.63, 3.8) is 0 Å². The Morgan fingerprint density at radius 1 is 0.879 bits per heavy atom. The molecule has 0 radical (unpaired) electrons. The van der Waals surface area contributed by atoms with Crippen LogP contribution in [-0.2, 0) is 13.7 Å². The maximum atomic E-state index is 11.5. The van der Waals surface area contributed by atoms with Crippen LogP contribution in [0.15, 0.2) is 11.0 Å². The van der Waals surface area contributed by atoms with E-state index in [-0.39, 0.29) is 22.8 Å². The van der Waals surface area contributed by atoms with Gasteiger partial charge in [0.15, 0.2) is 11.2 Å². The van der Waals surface area contributed by atoms with Crippen LogP contribution in [0.2, 0.25) is 0 Å². The van der Waals surface area contributed by atoms with Gasteiger partial charge in [-0.25, -0.2) is 23.7 Å². The third-order valence-electron chi connectivity index (χ3n) is 2.31. The maximum Gasteiger partial charge on any atom is 0.466 e. The smallest absolute Gasteiger partial charge is 0.394 e.